The van der Waals surface area contributed by atoms with Crippen LogP contribution in [-0.4, -0.2) is 58.6 Å². The second kappa shape index (κ2) is 9.35. The molecule has 0 N–H and O–H groups in total. The number of sulfone groups is 1. The molecule has 1 aliphatic rings. The number of benzene rings is 2. The average molecular weight is 484 g/mol. The summed E-state index contributed by atoms with van der Waals surface area (Å²) in [6, 6.07) is 16.2. The number of thioether (sulfide) groups is 1. The van der Waals surface area contributed by atoms with Gasteiger partial charge in [0.05, 0.1) is 28.6 Å². The number of aryl methyl sites for hydroxylation is 2. The molecule has 1 aliphatic heterocycles. The molecule has 1 fully saturated rings. The first-order chi connectivity index (χ1) is 15.6. The first-order valence-corrected chi connectivity index (χ1v) is 13.7. The molecule has 2 aromatic carbocycles. The van der Waals surface area contributed by atoms with Crippen molar-refractivity contribution in [2.24, 2.45) is 0 Å². The number of hydrogen-bond acceptors (Lipinski definition) is 5. The summed E-state index contributed by atoms with van der Waals surface area (Å²) >= 11 is 1.40. The fourth-order valence-electron chi connectivity index (χ4n) is 4.32. The number of amides is 1. The Hall–Kier alpha value is -2.58. The van der Waals surface area contributed by atoms with E-state index in [2.05, 4.69) is 41.6 Å². The van der Waals surface area contributed by atoms with Crippen molar-refractivity contribution in [3.63, 3.8) is 0 Å². The summed E-state index contributed by atoms with van der Waals surface area (Å²) < 4.78 is 25.8. The molecule has 1 saturated heterocycles. The predicted molar refractivity (Wildman–Crippen MR) is 134 cm³/mol. The van der Waals surface area contributed by atoms with Gasteiger partial charge in [-0.05, 0) is 50.5 Å². The largest absolute Gasteiger partial charge is 0.341 e. The zero-order valence-electron chi connectivity index (χ0n) is 19.4. The van der Waals surface area contributed by atoms with E-state index in [9.17, 15) is 13.2 Å². The van der Waals surface area contributed by atoms with Crippen molar-refractivity contribution in [2.45, 2.75) is 43.6 Å². The molecule has 1 amide bonds. The summed E-state index contributed by atoms with van der Waals surface area (Å²) in [5, 5.41) is 0.320. The van der Waals surface area contributed by atoms with Gasteiger partial charge in [0, 0.05) is 24.3 Å². The highest BCUT2D eigenvalue weighted by Gasteiger charge is 2.34. The number of nitrogens with zero attached hydrogens (tertiary/aromatic N) is 3. The zero-order chi connectivity index (χ0) is 23.8. The van der Waals surface area contributed by atoms with Crippen LogP contribution < -0.4 is 0 Å². The second-order valence-corrected chi connectivity index (χ2v) is 12.3. The molecule has 0 saturated carbocycles. The molecule has 0 unspecified atom stereocenters. The Morgan fingerprint density at radius 3 is 2.42 bits per heavy atom. The second-order valence-electron chi connectivity index (χ2n) is 8.74. The van der Waals surface area contributed by atoms with Crippen LogP contribution >= 0.6 is 11.8 Å². The maximum absolute atomic E-state index is 13.2. The summed E-state index contributed by atoms with van der Waals surface area (Å²) in [4.78, 5) is 19.4. The Labute approximate surface area is 199 Å². The lowest BCUT2D eigenvalue weighted by molar-refractivity contribution is -0.130. The summed E-state index contributed by atoms with van der Waals surface area (Å²) in [6.07, 6.45) is 2.34. The summed E-state index contributed by atoms with van der Waals surface area (Å²) in [5.74, 6) is 0.106. The third-order valence-corrected chi connectivity index (χ3v) is 8.80. The highest BCUT2D eigenvalue weighted by Crippen LogP contribution is 2.33. The molecule has 33 heavy (non-hydrogen) atoms. The van der Waals surface area contributed by atoms with E-state index in [0.29, 0.717) is 6.42 Å². The van der Waals surface area contributed by atoms with Gasteiger partial charge in [0.2, 0.25) is 5.91 Å². The number of hydrogen-bond donors (Lipinski definition) is 0. The predicted octanol–water partition coefficient (Wildman–Crippen LogP) is 4.28. The summed E-state index contributed by atoms with van der Waals surface area (Å²) in [7, 11) is -1.35. The van der Waals surface area contributed by atoms with Gasteiger partial charge >= 0.3 is 0 Å². The number of rotatable bonds is 6. The van der Waals surface area contributed by atoms with E-state index in [-0.39, 0.29) is 23.5 Å². The molecule has 2 atom stereocenters. The van der Waals surface area contributed by atoms with Gasteiger partial charge < -0.3 is 4.90 Å². The van der Waals surface area contributed by atoms with E-state index in [1.54, 1.807) is 11.9 Å². The lowest BCUT2D eigenvalue weighted by Crippen LogP contribution is -2.41. The van der Waals surface area contributed by atoms with Crippen LogP contribution in [0.5, 0.6) is 0 Å². The third-order valence-electron chi connectivity index (χ3n) is 6.00. The molecule has 0 bridgehead atoms. The van der Waals surface area contributed by atoms with Gasteiger partial charge in [-0.2, -0.15) is 0 Å². The Morgan fingerprint density at radius 2 is 1.82 bits per heavy atom. The Balaban J connectivity index is 1.66. The van der Waals surface area contributed by atoms with Gasteiger partial charge in [-0.25, -0.2) is 13.4 Å². The summed E-state index contributed by atoms with van der Waals surface area (Å²) in [6.45, 7) is 5.99. The minimum absolute atomic E-state index is 0.0436. The standard InChI is InChI=1S/C25H29N3O3S2/c1-17-12-18(2)14-22(13-17)28-23(20-8-6-5-7-9-20)15-26-25(28)32-19(3)24(29)27(4)21-10-11-33(30,31)16-21/h5-9,12-15,19,21H,10-11,16H2,1-4H3/t19-,21+/m1/s1. The molecular weight excluding hydrogens is 454 g/mol. The van der Waals surface area contributed by atoms with Crippen molar-refractivity contribution < 1.29 is 13.2 Å². The van der Waals surface area contributed by atoms with E-state index in [1.807, 2.05) is 43.5 Å². The topological polar surface area (TPSA) is 72.3 Å². The third kappa shape index (κ3) is 5.17. The molecule has 0 spiro atoms. The fraction of sp³-hybridized carbons (Fsp3) is 0.360. The number of carbonyl (C=O) groups excluding carboxylic acids is 1. The molecule has 174 valence electrons. The van der Waals surface area contributed by atoms with Gasteiger partial charge in [0.1, 0.15) is 0 Å². The van der Waals surface area contributed by atoms with E-state index in [0.717, 1.165) is 33.2 Å². The van der Waals surface area contributed by atoms with Crippen molar-refractivity contribution in [2.75, 3.05) is 18.6 Å². The number of carbonyl (C=O) groups is 1. The quantitative estimate of drug-likeness (QED) is 0.489. The van der Waals surface area contributed by atoms with E-state index < -0.39 is 15.1 Å². The van der Waals surface area contributed by atoms with E-state index >= 15 is 0 Å². The molecule has 8 heteroatoms. The number of aromatic nitrogens is 2. The van der Waals surface area contributed by atoms with Crippen molar-refractivity contribution >= 4 is 27.5 Å². The lowest BCUT2D eigenvalue weighted by atomic mass is 10.1. The highest BCUT2D eigenvalue weighted by molar-refractivity contribution is 8.00. The van der Waals surface area contributed by atoms with Crippen LogP contribution in [-0.2, 0) is 14.6 Å². The van der Waals surface area contributed by atoms with Crippen LogP contribution in [0.15, 0.2) is 59.9 Å². The fourth-order valence-corrected chi connectivity index (χ4v) is 7.10. The SMILES string of the molecule is Cc1cc(C)cc(-n2c(-c3ccccc3)cnc2S[C@H](C)C(=O)N(C)[C@H]2CCS(=O)(=O)C2)c1. The first kappa shape index (κ1) is 23.6. The van der Waals surface area contributed by atoms with Crippen molar-refractivity contribution in [3.8, 4) is 16.9 Å². The van der Waals surface area contributed by atoms with E-state index in [1.165, 1.54) is 11.8 Å². The Kier molecular flexibility index (Phi) is 6.68. The van der Waals surface area contributed by atoms with Gasteiger partial charge in [-0.15, -0.1) is 0 Å². The molecule has 6 nitrogen and oxygen atoms in total. The van der Waals surface area contributed by atoms with Gasteiger partial charge in [0.15, 0.2) is 15.0 Å². The molecule has 0 radical (unpaired) electrons. The minimum atomic E-state index is -3.05. The lowest BCUT2D eigenvalue weighted by Gasteiger charge is -2.26. The van der Waals surface area contributed by atoms with Crippen LogP contribution in [0.1, 0.15) is 24.5 Å². The molecule has 3 aromatic rings. The monoisotopic (exact) mass is 483 g/mol. The van der Waals surface area contributed by atoms with Crippen LogP contribution in [0, 0.1) is 13.8 Å². The minimum Gasteiger partial charge on any atom is -0.341 e. The molecular formula is C25H29N3O3S2. The van der Waals surface area contributed by atoms with Crippen molar-refractivity contribution in [1.29, 1.82) is 0 Å². The smallest absolute Gasteiger partial charge is 0.235 e. The maximum atomic E-state index is 13.2. The van der Waals surface area contributed by atoms with E-state index in [4.69, 9.17) is 0 Å². The molecule has 1 aromatic heterocycles. The summed E-state index contributed by atoms with van der Waals surface area (Å²) in [5.41, 5.74) is 5.31. The van der Waals surface area contributed by atoms with Crippen molar-refractivity contribution in [3.05, 3.63) is 65.9 Å². The molecule has 4 rings (SSSR count). The normalized spacial score (nSPS) is 18.2. The average Bonchev–Trinajstić information content (AvgIpc) is 3.35. The number of imidazole rings is 1. The van der Waals surface area contributed by atoms with Crippen LogP contribution in [0.3, 0.4) is 0 Å². The van der Waals surface area contributed by atoms with Gasteiger partial charge in [0.25, 0.3) is 0 Å². The zero-order valence-corrected chi connectivity index (χ0v) is 21.0. The van der Waals surface area contributed by atoms with Crippen molar-refractivity contribution in [1.82, 2.24) is 14.5 Å². The van der Waals surface area contributed by atoms with Crippen LogP contribution in [0.2, 0.25) is 0 Å². The molecule has 2 heterocycles. The molecule has 0 aliphatic carbocycles. The van der Waals surface area contributed by atoms with Crippen LogP contribution in [0.4, 0.5) is 0 Å². The highest BCUT2D eigenvalue weighted by atomic mass is 32.2. The Bertz CT molecular complexity index is 1250. The van der Waals surface area contributed by atoms with Gasteiger partial charge in [-0.3, -0.25) is 9.36 Å². The first-order valence-electron chi connectivity index (χ1n) is 11.0. The van der Waals surface area contributed by atoms with Crippen LogP contribution in [0.25, 0.3) is 16.9 Å². The maximum Gasteiger partial charge on any atom is 0.235 e. The van der Waals surface area contributed by atoms with Gasteiger partial charge in [-0.1, -0.05) is 48.2 Å². The Morgan fingerprint density at radius 1 is 1.15 bits per heavy atom.